The fraction of sp³-hybridized carbons (Fsp3) is 0.263. The number of nitrogens with zero attached hydrogens (tertiary/aromatic N) is 1. The lowest BCUT2D eigenvalue weighted by Crippen LogP contribution is -2.20. The van der Waals surface area contributed by atoms with Gasteiger partial charge in [-0.05, 0) is 67.3 Å². The number of fused-ring (bicyclic) bond motifs is 3. The van der Waals surface area contributed by atoms with Crippen LogP contribution in [0.3, 0.4) is 0 Å². The van der Waals surface area contributed by atoms with Gasteiger partial charge in [0.05, 0.1) is 12.6 Å². The number of benzene rings is 2. The third kappa shape index (κ3) is 2.32. The van der Waals surface area contributed by atoms with E-state index in [-0.39, 0.29) is 6.04 Å². The molecule has 3 aromatic rings. The smallest absolute Gasteiger partial charge is 0.119 e. The topological polar surface area (TPSA) is 40.2 Å². The van der Waals surface area contributed by atoms with E-state index in [0.29, 0.717) is 0 Å². The lowest BCUT2D eigenvalue weighted by molar-refractivity contribution is 0.414. The highest BCUT2D eigenvalue weighted by Crippen LogP contribution is 2.39. The van der Waals surface area contributed by atoms with Gasteiger partial charge in [-0.1, -0.05) is 11.6 Å². The second-order valence-electron chi connectivity index (χ2n) is 6.06. The molecule has 2 N–H and O–H groups in total. The zero-order valence-electron chi connectivity index (χ0n) is 13.1. The van der Waals surface area contributed by atoms with Crippen molar-refractivity contribution in [3.8, 4) is 11.4 Å². The number of hydrogen-bond donors (Lipinski definition) is 1. The van der Waals surface area contributed by atoms with Crippen molar-refractivity contribution in [2.45, 2.75) is 25.3 Å². The number of methoxy groups -OCH3 is 1. The number of hydrogen-bond acceptors (Lipinski definition) is 2. The third-order valence-electron chi connectivity index (χ3n) is 4.70. The Morgan fingerprint density at radius 2 is 1.96 bits per heavy atom. The maximum atomic E-state index is 6.46. The van der Waals surface area contributed by atoms with E-state index in [0.717, 1.165) is 35.7 Å². The molecular formula is C19H19ClN2O. The quantitative estimate of drug-likeness (QED) is 0.746. The molecule has 1 aliphatic rings. The Balaban J connectivity index is 2.02. The summed E-state index contributed by atoms with van der Waals surface area (Å²) in [4.78, 5) is 0. The first-order chi connectivity index (χ1) is 11.2. The molecule has 0 saturated carbocycles. The molecule has 4 rings (SSSR count). The van der Waals surface area contributed by atoms with Crippen LogP contribution in [0.1, 0.15) is 30.1 Å². The molecule has 1 unspecified atom stereocenters. The summed E-state index contributed by atoms with van der Waals surface area (Å²) in [5, 5.41) is 1.99. The summed E-state index contributed by atoms with van der Waals surface area (Å²) >= 11 is 6.24. The Morgan fingerprint density at radius 3 is 2.70 bits per heavy atom. The maximum Gasteiger partial charge on any atom is 0.119 e. The van der Waals surface area contributed by atoms with E-state index in [1.54, 1.807) is 7.11 Å². The van der Waals surface area contributed by atoms with Gasteiger partial charge in [0.25, 0.3) is 0 Å². The fourth-order valence-corrected chi connectivity index (χ4v) is 3.82. The molecule has 1 heterocycles. The first-order valence-electron chi connectivity index (χ1n) is 7.92. The second kappa shape index (κ2) is 5.59. The van der Waals surface area contributed by atoms with Gasteiger partial charge in [-0.25, -0.2) is 0 Å². The first kappa shape index (κ1) is 14.6. The van der Waals surface area contributed by atoms with Crippen LogP contribution < -0.4 is 10.5 Å². The molecule has 0 spiro atoms. The summed E-state index contributed by atoms with van der Waals surface area (Å²) in [7, 11) is 1.68. The van der Waals surface area contributed by atoms with Crippen molar-refractivity contribution >= 4 is 22.5 Å². The predicted octanol–water partition coefficient (Wildman–Crippen LogP) is 4.63. The SMILES string of the molecule is COc1ccc(-n2c3c(c4cc(Cl)ccc42)CCCC3N)cc1. The summed E-state index contributed by atoms with van der Waals surface area (Å²) in [5.41, 5.74) is 11.3. The molecule has 0 fully saturated rings. The molecule has 4 heteroatoms. The van der Waals surface area contributed by atoms with Crippen LogP contribution in [0.15, 0.2) is 42.5 Å². The number of halogens is 1. The molecule has 2 aromatic carbocycles. The van der Waals surface area contributed by atoms with Crippen molar-refractivity contribution in [1.82, 2.24) is 4.57 Å². The van der Waals surface area contributed by atoms with Gasteiger partial charge in [-0.2, -0.15) is 0 Å². The summed E-state index contributed by atoms with van der Waals surface area (Å²) < 4.78 is 7.55. The minimum absolute atomic E-state index is 0.0621. The Morgan fingerprint density at radius 1 is 1.17 bits per heavy atom. The number of nitrogens with two attached hydrogens (primary N) is 1. The first-order valence-corrected chi connectivity index (χ1v) is 8.29. The summed E-state index contributed by atoms with van der Waals surface area (Å²) in [5.74, 6) is 0.853. The van der Waals surface area contributed by atoms with E-state index in [9.17, 15) is 0 Å². The molecule has 0 aliphatic heterocycles. The molecule has 0 amide bonds. The fourth-order valence-electron chi connectivity index (χ4n) is 3.64. The van der Waals surface area contributed by atoms with Gasteiger partial charge in [0.1, 0.15) is 5.75 Å². The number of aromatic nitrogens is 1. The third-order valence-corrected chi connectivity index (χ3v) is 4.93. The molecule has 1 atom stereocenters. The standard InChI is InChI=1S/C19H19ClN2O/c1-23-14-8-6-13(7-9-14)22-18-10-5-12(20)11-16(18)15-3-2-4-17(21)19(15)22/h5-11,17H,2-4,21H2,1H3. The minimum Gasteiger partial charge on any atom is -0.497 e. The van der Waals surface area contributed by atoms with E-state index in [1.807, 2.05) is 18.2 Å². The Labute approximate surface area is 140 Å². The Hall–Kier alpha value is -1.97. The molecule has 23 heavy (non-hydrogen) atoms. The summed E-state index contributed by atoms with van der Waals surface area (Å²) in [6.45, 7) is 0. The maximum absolute atomic E-state index is 6.46. The highest BCUT2D eigenvalue weighted by molar-refractivity contribution is 6.31. The number of aryl methyl sites for hydroxylation is 1. The van der Waals surface area contributed by atoms with Crippen LogP contribution in [0, 0.1) is 0 Å². The van der Waals surface area contributed by atoms with Gasteiger partial charge >= 0.3 is 0 Å². The highest BCUT2D eigenvalue weighted by atomic mass is 35.5. The Bertz CT molecular complexity index is 867. The largest absolute Gasteiger partial charge is 0.497 e. The van der Waals surface area contributed by atoms with E-state index in [4.69, 9.17) is 22.1 Å². The van der Waals surface area contributed by atoms with Crippen LogP contribution in [0.2, 0.25) is 5.02 Å². The van der Waals surface area contributed by atoms with Gasteiger partial charge in [0, 0.05) is 27.8 Å². The minimum atomic E-state index is 0.0621. The van der Waals surface area contributed by atoms with Gasteiger partial charge < -0.3 is 15.0 Å². The highest BCUT2D eigenvalue weighted by Gasteiger charge is 2.26. The van der Waals surface area contributed by atoms with E-state index < -0.39 is 0 Å². The van der Waals surface area contributed by atoms with Gasteiger partial charge in [0.2, 0.25) is 0 Å². The van der Waals surface area contributed by atoms with Crippen LogP contribution in [0.25, 0.3) is 16.6 Å². The zero-order valence-corrected chi connectivity index (χ0v) is 13.8. The van der Waals surface area contributed by atoms with Crippen LogP contribution in [0.4, 0.5) is 0 Å². The van der Waals surface area contributed by atoms with Crippen molar-refractivity contribution in [2.75, 3.05) is 7.11 Å². The zero-order chi connectivity index (χ0) is 16.0. The Kier molecular flexibility index (Phi) is 3.55. The van der Waals surface area contributed by atoms with Gasteiger partial charge in [-0.15, -0.1) is 0 Å². The molecule has 0 radical (unpaired) electrons. The molecule has 3 nitrogen and oxygen atoms in total. The molecular weight excluding hydrogens is 308 g/mol. The van der Waals surface area contributed by atoms with Crippen LogP contribution in [-0.4, -0.2) is 11.7 Å². The number of ether oxygens (including phenoxy) is 1. The average molecular weight is 327 g/mol. The molecule has 1 aromatic heterocycles. The monoisotopic (exact) mass is 326 g/mol. The normalized spacial score (nSPS) is 17.3. The van der Waals surface area contributed by atoms with Gasteiger partial charge in [0.15, 0.2) is 0 Å². The number of rotatable bonds is 2. The van der Waals surface area contributed by atoms with Crippen molar-refractivity contribution in [3.63, 3.8) is 0 Å². The van der Waals surface area contributed by atoms with E-state index in [1.165, 1.54) is 22.2 Å². The average Bonchev–Trinajstić information content (AvgIpc) is 2.90. The summed E-state index contributed by atoms with van der Waals surface area (Å²) in [6.07, 6.45) is 3.21. The van der Waals surface area contributed by atoms with Crippen molar-refractivity contribution in [2.24, 2.45) is 5.73 Å². The second-order valence-corrected chi connectivity index (χ2v) is 6.49. The summed E-state index contributed by atoms with van der Waals surface area (Å²) in [6, 6.07) is 14.3. The van der Waals surface area contributed by atoms with E-state index >= 15 is 0 Å². The van der Waals surface area contributed by atoms with Crippen LogP contribution in [0.5, 0.6) is 5.75 Å². The lowest BCUT2D eigenvalue weighted by atomic mass is 9.92. The van der Waals surface area contributed by atoms with Crippen molar-refractivity contribution in [1.29, 1.82) is 0 Å². The van der Waals surface area contributed by atoms with Crippen molar-refractivity contribution < 1.29 is 4.74 Å². The predicted molar refractivity (Wildman–Crippen MR) is 94.7 cm³/mol. The van der Waals surface area contributed by atoms with Gasteiger partial charge in [-0.3, -0.25) is 0 Å². The van der Waals surface area contributed by atoms with Crippen molar-refractivity contribution in [3.05, 3.63) is 58.7 Å². The molecule has 118 valence electrons. The van der Waals surface area contributed by atoms with E-state index in [2.05, 4.69) is 28.8 Å². The lowest BCUT2D eigenvalue weighted by Gasteiger charge is -2.22. The molecule has 1 aliphatic carbocycles. The molecule has 0 saturated heterocycles. The van der Waals surface area contributed by atoms with Crippen LogP contribution >= 0.6 is 11.6 Å². The molecule has 0 bridgehead atoms. The van der Waals surface area contributed by atoms with Crippen LogP contribution in [-0.2, 0) is 6.42 Å².